The number of thiazole rings is 1. The summed E-state index contributed by atoms with van der Waals surface area (Å²) in [5.41, 5.74) is 7.49. The quantitative estimate of drug-likeness (QED) is 0.451. The maximum Gasteiger partial charge on any atom is 0.252 e. The summed E-state index contributed by atoms with van der Waals surface area (Å²) in [6.45, 7) is 3.09. The number of carbonyl (C=O) groups is 1. The minimum atomic E-state index is -3.68. The first-order valence-corrected chi connectivity index (χ1v) is 12.4. The van der Waals surface area contributed by atoms with E-state index >= 15 is 0 Å². The topological polar surface area (TPSA) is 152 Å². The molecule has 0 spiro atoms. The number of nitrogens with one attached hydrogen (secondary N) is 2. The van der Waals surface area contributed by atoms with E-state index in [4.69, 9.17) is 10.5 Å². The number of aryl methyl sites for hydroxylation is 1. The van der Waals surface area contributed by atoms with Crippen LogP contribution >= 0.6 is 11.3 Å². The van der Waals surface area contributed by atoms with Crippen LogP contribution in [0.15, 0.2) is 34.7 Å². The molecule has 0 aliphatic carbocycles. The highest BCUT2D eigenvalue weighted by atomic mass is 32.2. The van der Waals surface area contributed by atoms with E-state index in [1.54, 1.807) is 37.6 Å². The summed E-state index contributed by atoms with van der Waals surface area (Å²) in [6, 6.07) is 5.00. The second-order valence-corrected chi connectivity index (χ2v) is 9.99. The molecule has 1 aliphatic heterocycles. The molecular weight excluding hydrogens is 466 g/mol. The maximum absolute atomic E-state index is 13.1. The van der Waals surface area contributed by atoms with Gasteiger partial charge in [0.05, 0.1) is 23.7 Å². The van der Waals surface area contributed by atoms with Gasteiger partial charge < -0.3 is 21.1 Å². The van der Waals surface area contributed by atoms with Crippen molar-refractivity contribution in [2.75, 3.05) is 44.0 Å². The standard InChI is InChI=1S/C20H23N7O4S2/c1-12-3-4-13(9-16(12)33(29,30)27-5-7-31-8-6-27)24-19-23-10-14(18(21)28)17(26-19)15-11-32-20(22-2)25-15/h3-4,9-11H,5-8H2,1-2H3,(H2,21,28)(H,22,25)(H,23,24,26). The fourth-order valence-corrected chi connectivity index (χ4v) is 5.64. The van der Waals surface area contributed by atoms with Gasteiger partial charge in [-0.2, -0.15) is 4.31 Å². The van der Waals surface area contributed by atoms with Gasteiger partial charge >= 0.3 is 0 Å². The van der Waals surface area contributed by atoms with Gasteiger partial charge in [0.1, 0.15) is 11.4 Å². The van der Waals surface area contributed by atoms with E-state index in [1.165, 1.54) is 21.8 Å². The SMILES string of the molecule is CNc1nc(-c2nc(Nc3ccc(C)c(S(=O)(=O)N4CCOCC4)c3)ncc2C(N)=O)cs1. The minimum absolute atomic E-state index is 0.132. The number of ether oxygens (including phenoxy) is 1. The van der Waals surface area contributed by atoms with E-state index in [1.807, 2.05) is 0 Å². The monoisotopic (exact) mass is 489 g/mol. The Morgan fingerprint density at radius 2 is 2.00 bits per heavy atom. The fraction of sp³-hybridized carbons (Fsp3) is 0.300. The van der Waals surface area contributed by atoms with E-state index in [-0.39, 0.29) is 22.1 Å². The Morgan fingerprint density at radius 3 is 2.67 bits per heavy atom. The molecule has 4 N–H and O–H groups in total. The average molecular weight is 490 g/mol. The number of hydrogen-bond donors (Lipinski definition) is 3. The van der Waals surface area contributed by atoms with Crippen LogP contribution < -0.4 is 16.4 Å². The number of nitrogens with zero attached hydrogens (tertiary/aromatic N) is 4. The van der Waals surface area contributed by atoms with Crippen LogP contribution in [0.25, 0.3) is 11.4 Å². The molecule has 1 saturated heterocycles. The molecule has 33 heavy (non-hydrogen) atoms. The fourth-order valence-electron chi connectivity index (χ4n) is 3.33. The van der Waals surface area contributed by atoms with E-state index in [0.29, 0.717) is 48.4 Å². The van der Waals surface area contributed by atoms with E-state index < -0.39 is 15.9 Å². The molecule has 0 atom stereocenters. The van der Waals surface area contributed by atoms with Crippen molar-refractivity contribution in [3.05, 3.63) is 40.9 Å². The predicted octanol–water partition coefficient (Wildman–Crippen LogP) is 1.81. The van der Waals surface area contributed by atoms with Crippen molar-refractivity contribution in [1.82, 2.24) is 19.3 Å². The lowest BCUT2D eigenvalue weighted by molar-refractivity contribution is 0.0730. The highest BCUT2D eigenvalue weighted by Crippen LogP contribution is 2.29. The molecule has 0 unspecified atom stereocenters. The van der Waals surface area contributed by atoms with Crippen LogP contribution in [0.1, 0.15) is 15.9 Å². The van der Waals surface area contributed by atoms with Gasteiger partial charge in [-0.3, -0.25) is 4.79 Å². The van der Waals surface area contributed by atoms with Gasteiger partial charge in [-0.25, -0.2) is 23.4 Å². The van der Waals surface area contributed by atoms with Crippen molar-refractivity contribution in [2.24, 2.45) is 5.73 Å². The van der Waals surface area contributed by atoms with E-state index in [2.05, 4.69) is 25.6 Å². The highest BCUT2D eigenvalue weighted by molar-refractivity contribution is 7.89. The molecule has 1 aromatic carbocycles. The van der Waals surface area contributed by atoms with Crippen LogP contribution in [0.5, 0.6) is 0 Å². The number of hydrogen-bond acceptors (Lipinski definition) is 10. The Morgan fingerprint density at radius 1 is 1.24 bits per heavy atom. The third kappa shape index (κ3) is 4.80. The molecule has 1 amide bonds. The van der Waals surface area contributed by atoms with Crippen molar-refractivity contribution < 1.29 is 17.9 Å². The number of sulfonamides is 1. The molecule has 1 fully saturated rings. The molecule has 3 aromatic rings. The number of morpholine rings is 1. The molecule has 1 aliphatic rings. The first-order chi connectivity index (χ1) is 15.8. The number of nitrogens with two attached hydrogens (primary N) is 1. The summed E-state index contributed by atoms with van der Waals surface area (Å²) < 4.78 is 33.0. The van der Waals surface area contributed by atoms with Crippen LogP contribution in [0.4, 0.5) is 16.8 Å². The number of anilines is 3. The largest absolute Gasteiger partial charge is 0.379 e. The molecule has 0 radical (unpaired) electrons. The first kappa shape index (κ1) is 23.0. The first-order valence-electron chi connectivity index (χ1n) is 10.1. The number of primary amides is 1. The van der Waals surface area contributed by atoms with Crippen molar-refractivity contribution in [2.45, 2.75) is 11.8 Å². The molecule has 3 heterocycles. The number of rotatable bonds is 7. The Bertz CT molecular complexity index is 1290. The molecule has 2 aromatic heterocycles. The van der Waals surface area contributed by atoms with Gasteiger partial charge in [0.2, 0.25) is 16.0 Å². The lowest BCUT2D eigenvalue weighted by Gasteiger charge is -2.26. The van der Waals surface area contributed by atoms with Crippen LogP contribution in [0.3, 0.4) is 0 Å². The summed E-state index contributed by atoms with van der Waals surface area (Å²) >= 11 is 1.36. The second-order valence-electron chi connectivity index (χ2n) is 7.23. The number of aromatic nitrogens is 3. The highest BCUT2D eigenvalue weighted by Gasteiger charge is 2.28. The maximum atomic E-state index is 13.1. The van der Waals surface area contributed by atoms with Gasteiger partial charge in [-0.15, -0.1) is 11.3 Å². The summed E-state index contributed by atoms with van der Waals surface area (Å²) in [6.07, 6.45) is 1.32. The minimum Gasteiger partial charge on any atom is -0.379 e. The van der Waals surface area contributed by atoms with Crippen LogP contribution in [-0.2, 0) is 14.8 Å². The molecule has 174 valence electrons. The summed E-state index contributed by atoms with van der Waals surface area (Å²) in [5.74, 6) is -0.502. The molecular formula is C20H23N7O4S2. The van der Waals surface area contributed by atoms with Crippen molar-refractivity contribution in [3.63, 3.8) is 0 Å². The molecule has 13 heteroatoms. The Balaban J connectivity index is 1.67. The zero-order valence-electron chi connectivity index (χ0n) is 18.0. The van der Waals surface area contributed by atoms with E-state index in [9.17, 15) is 13.2 Å². The third-order valence-electron chi connectivity index (χ3n) is 5.05. The zero-order valence-corrected chi connectivity index (χ0v) is 19.7. The lowest BCUT2D eigenvalue weighted by Crippen LogP contribution is -2.40. The summed E-state index contributed by atoms with van der Waals surface area (Å²) in [4.78, 5) is 25.1. The van der Waals surface area contributed by atoms with Gasteiger partial charge in [0.25, 0.3) is 5.91 Å². The third-order valence-corrected chi connectivity index (χ3v) is 7.95. The smallest absolute Gasteiger partial charge is 0.252 e. The van der Waals surface area contributed by atoms with Gasteiger partial charge in [0.15, 0.2) is 5.13 Å². The van der Waals surface area contributed by atoms with Crippen molar-refractivity contribution in [1.29, 1.82) is 0 Å². The molecule has 4 rings (SSSR count). The van der Waals surface area contributed by atoms with Crippen LogP contribution in [0.2, 0.25) is 0 Å². The summed E-state index contributed by atoms with van der Waals surface area (Å²) in [5, 5.41) is 8.37. The second kappa shape index (κ2) is 9.39. The zero-order chi connectivity index (χ0) is 23.6. The number of carbonyl (C=O) groups excluding carboxylic acids is 1. The van der Waals surface area contributed by atoms with Gasteiger partial charge in [-0.05, 0) is 24.6 Å². The predicted molar refractivity (Wildman–Crippen MR) is 125 cm³/mol. The van der Waals surface area contributed by atoms with Gasteiger partial charge in [0, 0.05) is 37.4 Å². The van der Waals surface area contributed by atoms with Crippen LogP contribution in [0, 0.1) is 6.92 Å². The van der Waals surface area contributed by atoms with Crippen molar-refractivity contribution >= 4 is 44.0 Å². The number of benzene rings is 1. The average Bonchev–Trinajstić information content (AvgIpc) is 3.30. The summed E-state index contributed by atoms with van der Waals surface area (Å²) in [7, 11) is -1.94. The molecule has 11 nitrogen and oxygen atoms in total. The molecule has 0 saturated carbocycles. The Kier molecular flexibility index (Phi) is 6.56. The lowest BCUT2D eigenvalue weighted by atomic mass is 10.2. The van der Waals surface area contributed by atoms with Gasteiger partial charge in [-0.1, -0.05) is 6.07 Å². The molecule has 0 bridgehead atoms. The van der Waals surface area contributed by atoms with E-state index in [0.717, 1.165) is 0 Å². The normalized spacial score (nSPS) is 14.7. The number of amides is 1. The Hall–Kier alpha value is -3.13. The van der Waals surface area contributed by atoms with Crippen molar-refractivity contribution in [3.8, 4) is 11.4 Å². The Labute approximate surface area is 195 Å². The van der Waals surface area contributed by atoms with Crippen LogP contribution in [-0.4, -0.2) is 66.9 Å².